The van der Waals surface area contributed by atoms with E-state index in [2.05, 4.69) is 34.7 Å². The minimum Gasteiger partial charge on any atom is -0.300 e. The number of nitrogens with zero attached hydrogens (tertiary/aromatic N) is 1. The predicted octanol–water partition coefficient (Wildman–Crippen LogP) is 3.46. The van der Waals surface area contributed by atoms with Crippen LogP contribution in [0.4, 0.5) is 4.39 Å². The van der Waals surface area contributed by atoms with Gasteiger partial charge in [0, 0.05) is 19.1 Å². The second kappa shape index (κ2) is 5.11. The topological polar surface area (TPSA) is 3.24 Å². The van der Waals surface area contributed by atoms with E-state index in [1.807, 2.05) is 0 Å². The average Bonchev–Trinajstić information content (AvgIpc) is 2.17. The SMILES string of the molecule is CC[C@@H](C)N1CCC(=C(F)Br)CC1. The van der Waals surface area contributed by atoms with Crippen molar-refractivity contribution in [2.75, 3.05) is 13.1 Å². The molecule has 0 bridgehead atoms. The number of hydrogen-bond acceptors (Lipinski definition) is 1. The van der Waals surface area contributed by atoms with Crippen LogP contribution in [0.3, 0.4) is 0 Å². The number of rotatable bonds is 2. The molecule has 0 aromatic carbocycles. The van der Waals surface area contributed by atoms with Crippen LogP contribution in [-0.4, -0.2) is 24.0 Å². The van der Waals surface area contributed by atoms with Gasteiger partial charge in [0.15, 0.2) is 4.74 Å². The van der Waals surface area contributed by atoms with Gasteiger partial charge in [-0.05, 0) is 47.7 Å². The smallest absolute Gasteiger partial charge is 0.164 e. The summed E-state index contributed by atoms with van der Waals surface area (Å²) in [5.41, 5.74) is 0.944. The van der Waals surface area contributed by atoms with Crippen molar-refractivity contribution in [1.82, 2.24) is 4.90 Å². The molecule has 1 nitrogen and oxygen atoms in total. The summed E-state index contributed by atoms with van der Waals surface area (Å²) in [4.78, 5) is 2.43. The fourth-order valence-corrected chi connectivity index (χ4v) is 2.08. The molecule has 0 saturated carbocycles. The van der Waals surface area contributed by atoms with Crippen molar-refractivity contribution < 1.29 is 4.39 Å². The molecule has 76 valence electrons. The Labute approximate surface area is 88.1 Å². The molecule has 0 aromatic rings. The number of piperidine rings is 1. The van der Waals surface area contributed by atoms with Crippen LogP contribution in [0.15, 0.2) is 10.3 Å². The second-order valence-corrected chi connectivity index (χ2v) is 4.35. The summed E-state index contributed by atoms with van der Waals surface area (Å²) in [6.45, 7) is 6.44. The van der Waals surface area contributed by atoms with E-state index >= 15 is 0 Å². The maximum atomic E-state index is 12.8. The second-order valence-electron chi connectivity index (χ2n) is 3.66. The van der Waals surface area contributed by atoms with E-state index in [-0.39, 0.29) is 4.74 Å². The molecule has 1 atom stereocenters. The summed E-state index contributed by atoms with van der Waals surface area (Å²) in [5.74, 6) is 0. The normalized spacial score (nSPS) is 21.7. The van der Waals surface area contributed by atoms with E-state index in [4.69, 9.17) is 0 Å². The fourth-order valence-electron chi connectivity index (χ4n) is 1.68. The van der Waals surface area contributed by atoms with Gasteiger partial charge in [-0.15, -0.1) is 0 Å². The van der Waals surface area contributed by atoms with Crippen LogP contribution in [0.1, 0.15) is 33.1 Å². The molecule has 0 unspecified atom stereocenters. The van der Waals surface area contributed by atoms with E-state index < -0.39 is 0 Å². The van der Waals surface area contributed by atoms with Crippen molar-refractivity contribution in [3.8, 4) is 0 Å². The Hall–Kier alpha value is 0.110. The average molecular weight is 250 g/mol. The van der Waals surface area contributed by atoms with Crippen molar-refractivity contribution >= 4 is 15.9 Å². The Bertz CT molecular complexity index is 189. The van der Waals surface area contributed by atoms with Gasteiger partial charge >= 0.3 is 0 Å². The lowest BCUT2D eigenvalue weighted by Gasteiger charge is -2.32. The van der Waals surface area contributed by atoms with Crippen LogP contribution in [0.5, 0.6) is 0 Å². The standard InChI is InChI=1S/C10H17BrFN/c1-3-8(2)13-6-4-9(5-7-13)10(11)12/h8H,3-7H2,1-2H3/t8-/m1/s1. The largest absolute Gasteiger partial charge is 0.300 e. The van der Waals surface area contributed by atoms with Crippen molar-refractivity contribution in [2.24, 2.45) is 0 Å². The van der Waals surface area contributed by atoms with Gasteiger partial charge in [0.2, 0.25) is 0 Å². The van der Waals surface area contributed by atoms with Gasteiger partial charge in [-0.1, -0.05) is 6.92 Å². The highest BCUT2D eigenvalue weighted by Gasteiger charge is 2.19. The molecule has 0 amide bonds. The van der Waals surface area contributed by atoms with Crippen molar-refractivity contribution in [3.63, 3.8) is 0 Å². The first-order chi connectivity index (χ1) is 6.15. The summed E-state index contributed by atoms with van der Waals surface area (Å²) in [6, 6.07) is 0.639. The quantitative estimate of drug-likeness (QED) is 0.725. The van der Waals surface area contributed by atoms with Crippen LogP contribution < -0.4 is 0 Å². The van der Waals surface area contributed by atoms with Crippen LogP contribution in [0.25, 0.3) is 0 Å². The first kappa shape index (κ1) is 11.2. The molecule has 3 heteroatoms. The van der Waals surface area contributed by atoms with E-state index in [0.29, 0.717) is 6.04 Å². The van der Waals surface area contributed by atoms with Crippen molar-refractivity contribution in [1.29, 1.82) is 0 Å². The highest BCUT2D eigenvalue weighted by Crippen LogP contribution is 2.25. The van der Waals surface area contributed by atoms with Gasteiger partial charge in [0.1, 0.15) is 0 Å². The zero-order valence-electron chi connectivity index (χ0n) is 8.32. The van der Waals surface area contributed by atoms with E-state index in [1.165, 1.54) is 6.42 Å². The Morgan fingerprint density at radius 3 is 2.46 bits per heavy atom. The molecular formula is C10H17BrFN. The monoisotopic (exact) mass is 249 g/mol. The molecule has 0 N–H and O–H groups in total. The van der Waals surface area contributed by atoms with E-state index in [1.54, 1.807) is 0 Å². The molecule has 1 aliphatic heterocycles. The first-order valence-corrected chi connectivity index (χ1v) is 5.71. The zero-order chi connectivity index (χ0) is 9.84. The van der Waals surface area contributed by atoms with Gasteiger partial charge in [0.05, 0.1) is 0 Å². The van der Waals surface area contributed by atoms with Crippen LogP contribution >= 0.6 is 15.9 Å². The summed E-state index contributed by atoms with van der Waals surface area (Å²) in [6.07, 6.45) is 2.93. The number of halogens is 2. The summed E-state index contributed by atoms with van der Waals surface area (Å²) in [5, 5.41) is 0. The third-order valence-electron chi connectivity index (χ3n) is 2.88. The molecule has 1 fully saturated rings. The maximum absolute atomic E-state index is 12.8. The summed E-state index contributed by atoms with van der Waals surface area (Å²) < 4.78 is 12.6. The minimum atomic E-state index is -0.142. The number of likely N-dealkylation sites (tertiary alicyclic amines) is 1. The van der Waals surface area contributed by atoms with E-state index in [9.17, 15) is 4.39 Å². The van der Waals surface area contributed by atoms with Gasteiger partial charge in [-0.2, -0.15) is 4.39 Å². The molecular weight excluding hydrogens is 233 g/mol. The lowest BCUT2D eigenvalue weighted by Crippen LogP contribution is -2.37. The Kier molecular flexibility index (Phi) is 4.39. The lowest BCUT2D eigenvalue weighted by atomic mass is 10.0. The highest BCUT2D eigenvalue weighted by atomic mass is 79.9. The van der Waals surface area contributed by atoms with E-state index in [0.717, 1.165) is 31.5 Å². The molecule has 1 saturated heterocycles. The Balaban J connectivity index is 2.43. The molecule has 13 heavy (non-hydrogen) atoms. The fraction of sp³-hybridized carbons (Fsp3) is 0.800. The van der Waals surface area contributed by atoms with Crippen LogP contribution in [-0.2, 0) is 0 Å². The van der Waals surface area contributed by atoms with Crippen molar-refractivity contribution in [2.45, 2.75) is 39.2 Å². The maximum Gasteiger partial charge on any atom is 0.164 e. The molecule has 0 aliphatic carbocycles. The van der Waals surface area contributed by atoms with Gasteiger partial charge < -0.3 is 4.90 Å². The highest BCUT2D eigenvalue weighted by molar-refractivity contribution is 9.11. The van der Waals surface area contributed by atoms with Crippen molar-refractivity contribution in [3.05, 3.63) is 10.3 Å². The van der Waals surface area contributed by atoms with Crippen LogP contribution in [0, 0.1) is 0 Å². The molecule has 0 radical (unpaired) electrons. The lowest BCUT2D eigenvalue weighted by molar-refractivity contribution is 0.189. The third kappa shape index (κ3) is 3.06. The predicted molar refractivity (Wildman–Crippen MR) is 57.6 cm³/mol. The summed E-state index contributed by atoms with van der Waals surface area (Å²) in [7, 11) is 0. The summed E-state index contributed by atoms with van der Waals surface area (Å²) >= 11 is 2.90. The molecule has 1 rings (SSSR count). The molecule has 1 heterocycles. The first-order valence-electron chi connectivity index (χ1n) is 4.92. The van der Waals surface area contributed by atoms with Gasteiger partial charge in [0.25, 0.3) is 0 Å². The third-order valence-corrected chi connectivity index (χ3v) is 3.44. The van der Waals surface area contributed by atoms with Gasteiger partial charge in [-0.3, -0.25) is 0 Å². The molecule has 0 aromatic heterocycles. The molecule has 1 aliphatic rings. The minimum absolute atomic E-state index is 0.142. The van der Waals surface area contributed by atoms with Crippen LogP contribution in [0.2, 0.25) is 0 Å². The Morgan fingerprint density at radius 2 is 2.08 bits per heavy atom. The molecule has 0 spiro atoms. The van der Waals surface area contributed by atoms with Gasteiger partial charge in [-0.25, -0.2) is 0 Å². The number of hydrogen-bond donors (Lipinski definition) is 0. The zero-order valence-corrected chi connectivity index (χ0v) is 9.90. The Morgan fingerprint density at radius 1 is 1.54 bits per heavy atom.